The fraction of sp³-hybridized carbons (Fsp3) is 0.250. The summed E-state index contributed by atoms with van der Waals surface area (Å²) in [5.74, 6) is 0. The minimum atomic E-state index is -4.40. The Labute approximate surface area is 111 Å². The zero-order valence-corrected chi connectivity index (χ0v) is 11.3. The Morgan fingerprint density at radius 2 is 1.83 bits per heavy atom. The lowest BCUT2D eigenvalue weighted by molar-refractivity contribution is -0.137. The first-order valence-corrected chi connectivity index (χ1v) is 5.99. The maximum atomic E-state index is 12.9. The highest BCUT2D eigenvalue weighted by Crippen LogP contribution is 2.35. The Balaban J connectivity index is 2.69. The summed E-state index contributed by atoms with van der Waals surface area (Å²) in [4.78, 5) is 0. The largest absolute Gasteiger partial charge is 0.418 e. The van der Waals surface area contributed by atoms with Gasteiger partial charge < -0.3 is 0 Å². The molecule has 1 aromatic heterocycles. The lowest BCUT2D eigenvalue weighted by Crippen LogP contribution is -2.12. The Kier molecular flexibility index (Phi) is 3.23. The van der Waals surface area contributed by atoms with Gasteiger partial charge in [-0.3, -0.25) is 0 Å². The molecule has 0 fully saturated rings. The summed E-state index contributed by atoms with van der Waals surface area (Å²) < 4.78 is 40.7. The summed E-state index contributed by atoms with van der Waals surface area (Å²) in [6.45, 7) is 3.47. The van der Waals surface area contributed by atoms with Gasteiger partial charge in [-0.15, -0.1) is 0 Å². The Bertz CT molecular complexity index is 587. The predicted molar refractivity (Wildman–Crippen MR) is 65.7 cm³/mol. The van der Waals surface area contributed by atoms with Gasteiger partial charge in [0.2, 0.25) is 0 Å². The van der Waals surface area contributed by atoms with E-state index in [0.717, 1.165) is 6.07 Å². The average molecular weight is 319 g/mol. The molecule has 0 radical (unpaired) electrons. The minimum Gasteiger partial charge on any atom is -0.237 e. The molecule has 0 aliphatic heterocycles. The summed E-state index contributed by atoms with van der Waals surface area (Å²) in [6.07, 6.45) is -4.40. The first-order valence-electron chi connectivity index (χ1n) is 5.19. The molecule has 18 heavy (non-hydrogen) atoms. The molecule has 0 aliphatic rings. The number of nitrogens with zero attached hydrogens (tertiary/aromatic N) is 2. The number of benzene rings is 1. The van der Waals surface area contributed by atoms with E-state index in [0.29, 0.717) is 15.9 Å². The second-order valence-electron chi connectivity index (χ2n) is 4.00. The van der Waals surface area contributed by atoms with Crippen LogP contribution in [0.4, 0.5) is 13.2 Å². The summed E-state index contributed by atoms with van der Waals surface area (Å²) in [5, 5.41) is 4.09. The SMILES string of the molecule is Cc1cc(C)n(-c2cc(Br)ccc2C(F)(F)F)n1. The van der Waals surface area contributed by atoms with Gasteiger partial charge in [-0.05, 0) is 38.1 Å². The van der Waals surface area contributed by atoms with Gasteiger partial charge >= 0.3 is 6.18 Å². The highest BCUT2D eigenvalue weighted by Gasteiger charge is 2.34. The molecule has 0 spiro atoms. The van der Waals surface area contributed by atoms with E-state index in [-0.39, 0.29) is 5.69 Å². The maximum Gasteiger partial charge on any atom is 0.418 e. The van der Waals surface area contributed by atoms with Crippen molar-refractivity contribution in [2.24, 2.45) is 0 Å². The van der Waals surface area contributed by atoms with Crippen molar-refractivity contribution in [2.75, 3.05) is 0 Å². The fourth-order valence-electron chi connectivity index (χ4n) is 1.79. The minimum absolute atomic E-state index is 0.0301. The molecule has 0 bridgehead atoms. The molecule has 0 unspecified atom stereocenters. The van der Waals surface area contributed by atoms with Gasteiger partial charge in [-0.25, -0.2) is 4.68 Å². The first-order chi connectivity index (χ1) is 8.29. The number of aromatic nitrogens is 2. The van der Waals surface area contributed by atoms with Crippen LogP contribution < -0.4 is 0 Å². The molecule has 0 saturated heterocycles. The van der Waals surface area contributed by atoms with Crippen molar-refractivity contribution in [3.05, 3.63) is 45.7 Å². The smallest absolute Gasteiger partial charge is 0.237 e. The molecule has 2 rings (SSSR count). The molecule has 1 heterocycles. The molecule has 6 heteroatoms. The zero-order chi connectivity index (χ0) is 13.5. The van der Waals surface area contributed by atoms with Crippen LogP contribution >= 0.6 is 15.9 Å². The quantitative estimate of drug-likeness (QED) is 0.767. The molecule has 0 atom stereocenters. The maximum absolute atomic E-state index is 12.9. The Morgan fingerprint density at radius 1 is 1.17 bits per heavy atom. The summed E-state index contributed by atoms with van der Waals surface area (Å²) in [5.41, 5.74) is 0.677. The van der Waals surface area contributed by atoms with E-state index < -0.39 is 11.7 Å². The van der Waals surface area contributed by atoms with Crippen molar-refractivity contribution < 1.29 is 13.2 Å². The number of hydrogen-bond acceptors (Lipinski definition) is 1. The van der Waals surface area contributed by atoms with Crippen molar-refractivity contribution in [2.45, 2.75) is 20.0 Å². The van der Waals surface area contributed by atoms with Crippen LogP contribution in [0.2, 0.25) is 0 Å². The van der Waals surface area contributed by atoms with Crippen LogP contribution in [0.1, 0.15) is 17.0 Å². The van der Waals surface area contributed by atoms with Crippen LogP contribution in [0.5, 0.6) is 0 Å². The van der Waals surface area contributed by atoms with Crippen LogP contribution in [0.3, 0.4) is 0 Å². The topological polar surface area (TPSA) is 17.8 Å². The van der Waals surface area contributed by atoms with Crippen LogP contribution in [-0.2, 0) is 6.18 Å². The van der Waals surface area contributed by atoms with E-state index in [4.69, 9.17) is 0 Å². The number of aryl methyl sites for hydroxylation is 2. The van der Waals surface area contributed by atoms with E-state index in [1.165, 1.54) is 16.8 Å². The molecule has 96 valence electrons. The molecule has 2 aromatic rings. The van der Waals surface area contributed by atoms with Gasteiger partial charge in [-0.2, -0.15) is 18.3 Å². The normalized spacial score (nSPS) is 11.9. The second kappa shape index (κ2) is 4.42. The van der Waals surface area contributed by atoms with E-state index >= 15 is 0 Å². The Hall–Kier alpha value is -1.30. The fourth-order valence-corrected chi connectivity index (χ4v) is 2.14. The molecular formula is C12H10BrF3N2. The number of rotatable bonds is 1. The predicted octanol–water partition coefficient (Wildman–Crippen LogP) is 4.27. The van der Waals surface area contributed by atoms with Gasteiger partial charge in [0.25, 0.3) is 0 Å². The number of halogens is 4. The summed E-state index contributed by atoms with van der Waals surface area (Å²) in [7, 11) is 0. The van der Waals surface area contributed by atoms with Crippen LogP contribution in [0, 0.1) is 13.8 Å². The Morgan fingerprint density at radius 3 is 2.33 bits per heavy atom. The zero-order valence-electron chi connectivity index (χ0n) is 9.72. The summed E-state index contributed by atoms with van der Waals surface area (Å²) >= 11 is 3.18. The van der Waals surface area contributed by atoms with Gasteiger partial charge in [0.05, 0.1) is 16.9 Å². The standard InChI is InChI=1S/C12H10BrF3N2/c1-7-5-8(2)18(17-7)11-6-9(13)3-4-10(11)12(14,15)16/h3-6H,1-2H3. The highest BCUT2D eigenvalue weighted by atomic mass is 79.9. The monoisotopic (exact) mass is 318 g/mol. The van der Waals surface area contributed by atoms with Crippen molar-refractivity contribution in [1.29, 1.82) is 0 Å². The van der Waals surface area contributed by atoms with Gasteiger partial charge in [0, 0.05) is 10.2 Å². The van der Waals surface area contributed by atoms with E-state index in [1.54, 1.807) is 19.9 Å². The van der Waals surface area contributed by atoms with Crippen LogP contribution in [0.25, 0.3) is 5.69 Å². The molecule has 2 nitrogen and oxygen atoms in total. The van der Waals surface area contributed by atoms with Crippen molar-refractivity contribution in [3.8, 4) is 5.69 Å². The molecular weight excluding hydrogens is 309 g/mol. The molecule has 1 aromatic carbocycles. The van der Waals surface area contributed by atoms with E-state index in [2.05, 4.69) is 21.0 Å². The lowest BCUT2D eigenvalue weighted by atomic mass is 10.1. The van der Waals surface area contributed by atoms with Crippen molar-refractivity contribution >= 4 is 15.9 Å². The molecule has 0 N–H and O–H groups in total. The highest BCUT2D eigenvalue weighted by molar-refractivity contribution is 9.10. The van der Waals surface area contributed by atoms with Crippen LogP contribution in [0.15, 0.2) is 28.7 Å². The third kappa shape index (κ3) is 2.43. The summed E-state index contributed by atoms with van der Waals surface area (Å²) in [6, 6.07) is 5.58. The number of hydrogen-bond donors (Lipinski definition) is 0. The average Bonchev–Trinajstić information content (AvgIpc) is 2.55. The number of alkyl halides is 3. The lowest BCUT2D eigenvalue weighted by Gasteiger charge is -2.14. The van der Waals surface area contributed by atoms with Crippen molar-refractivity contribution in [1.82, 2.24) is 9.78 Å². The van der Waals surface area contributed by atoms with Crippen LogP contribution in [-0.4, -0.2) is 9.78 Å². The molecule has 0 aliphatic carbocycles. The molecule has 0 amide bonds. The van der Waals surface area contributed by atoms with E-state index in [1.807, 2.05) is 0 Å². The molecule has 0 saturated carbocycles. The van der Waals surface area contributed by atoms with Gasteiger partial charge in [-0.1, -0.05) is 15.9 Å². The van der Waals surface area contributed by atoms with Gasteiger partial charge in [0.15, 0.2) is 0 Å². The third-order valence-electron chi connectivity index (χ3n) is 2.50. The van der Waals surface area contributed by atoms with Crippen molar-refractivity contribution in [3.63, 3.8) is 0 Å². The first kappa shape index (κ1) is 13.1. The van der Waals surface area contributed by atoms with E-state index in [9.17, 15) is 13.2 Å². The second-order valence-corrected chi connectivity index (χ2v) is 4.91. The third-order valence-corrected chi connectivity index (χ3v) is 3.00. The van der Waals surface area contributed by atoms with Gasteiger partial charge in [0.1, 0.15) is 0 Å².